The Hall–Kier alpha value is -5.26. The van der Waals surface area contributed by atoms with E-state index in [1.54, 1.807) is 9.80 Å². The molecule has 2 aliphatic heterocycles. The van der Waals surface area contributed by atoms with E-state index in [9.17, 15) is 9.59 Å². The number of aryl methyl sites for hydroxylation is 4. The fraction of sp³-hybridized carbons (Fsp3) is 0.389. The van der Waals surface area contributed by atoms with Crippen LogP contribution < -0.4 is 0 Å². The number of rotatable bonds is 10. The maximum Gasteiger partial charge on any atom is 0.274 e. The highest BCUT2D eigenvalue weighted by molar-refractivity contribution is 5.94. The van der Waals surface area contributed by atoms with Crippen molar-refractivity contribution in [1.29, 1.82) is 0 Å². The Kier molecular flexibility index (Phi) is 9.57. The van der Waals surface area contributed by atoms with Crippen LogP contribution in [0.25, 0.3) is 0 Å². The van der Waals surface area contributed by atoms with Crippen molar-refractivity contribution in [3.8, 4) is 0 Å². The van der Waals surface area contributed by atoms with Gasteiger partial charge in [0.25, 0.3) is 11.8 Å². The van der Waals surface area contributed by atoms with Gasteiger partial charge in [-0.1, -0.05) is 71.0 Å². The maximum atomic E-state index is 13.7. The number of aromatic nitrogens is 6. The summed E-state index contributed by atoms with van der Waals surface area (Å²) in [6.07, 6.45) is 10.7. The van der Waals surface area contributed by atoms with Crippen molar-refractivity contribution < 1.29 is 18.6 Å². The van der Waals surface area contributed by atoms with Crippen LogP contribution in [0.1, 0.15) is 106 Å². The number of hydrogen-bond donors (Lipinski definition) is 0. The molecule has 0 unspecified atom stereocenters. The van der Waals surface area contributed by atoms with Crippen molar-refractivity contribution in [2.24, 2.45) is 0 Å². The van der Waals surface area contributed by atoms with Gasteiger partial charge >= 0.3 is 0 Å². The Morgan fingerprint density at radius 2 is 1.04 bits per heavy atom. The summed E-state index contributed by atoms with van der Waals surface area (Å²) >= 11 is 0. The van der Waals surface area contributed by atoms with Crippen LogP contribution >= 0.6 is 0 Å². The third-order valence-electron chi connectivity index (χ3n) is 9.12. The van der Waals surface area contributed by atoms with Gasteiger partial charge in [0.15, 0.2) is 11.6 Å². The number of likely N-dealkylation sites (tertiary alicyclic amines) is 2. The quantitative estimate of drug-likeness (QED) is 0.189. The SMILES string of the molecule is O=C(c1cnc(C(=O)N2CCCC[C@H]2c2nc(CCc3ccccc3)no2)cn1)N1CCCC[C@H]1c1nc(CCc2ccccc2)no1. The molecule has 2 aromatic carbocycles. The lowest BCUT2D eigenvalue weighted by molar-refractivity contribution is 0.0541. The van der Waals surface area contributed by atoms with Crippen molar-refractivity contribution in [3.05, 3.63) is 119 Å². The zero-order chi connectivity index (χ0) is 32.7. The molecule has 2 aliphatic rings. The van der Waals surface area contributed by atoms with Crippen molar-refractivity contribution in [2.75, 3.05) is 13.1 Å². The van der Waals surface area contributed by atoms with Crippen LogP contribution in [0.15, 0.2) is 82.1 Å². The number of piperidine rings is 2. The highest BCUT2D eigenvalue weighted by Gasteiger charge is 2.35. The molecule has 0 N–H and O–H groups in total. The molecule has 2 atom stereocenters. The molecule has 2 amide bonds. The van der Waals surface area contributed by atoms with Crippen LogP contribution in [0.3, 0.4) is 0 Å². The Morgan fingerprint density at radius 3 is 1.46 bits per heavy atom. The standard InChI is InChI=1S/C36H38N8O4/c45-35(43-21-9-7-15-29(43)33-39-31(41-47-33)19-17-25-11-3-1-4-12-25)27-23-38-28(24-37-27)36(46)44-22-10-8-16-30(44)34-40-32(42-48-34)20-18-26-13-5-2-6-14-26/h1-6,11-14,23-24,29-30H,7-10,15-22H2/t29-,30-/m0/s1. The second-order valence-electron chi connectivity index (χ2n) is 12.4. The summed E-state index contributed by atoms with van der Waals surface area (Å²) in [6, 6.07) is 19.6. The van der Waals surface area contributed by atoms with Crippen molar-refractivity contribution in [1.82, 2.24) is 40.0 Å². The molecule has 2 fully saturated rings. The summed E-state index contributed by atoms with van der Waals surface area (Å²) in [7, 11) is 0. The van der Waals surface area contributed by atoms with E-state index >= 15 is 0 Å². The smallest absolute Gasteiger partial charge is 0.274 e. The fourth-order valence-corrected chi connectivity index (χ4v) is 6.52. The number of hydrogen-bond acceptors (Lipinski definition) is 10. The Bertz CT molecular complexity index is 1680. The number of nitrogens with zero attached hydrogens (tertiary/aromatic N) is 8. The number of benzene rings is 2. The molecule has 2 saturated heterocycles. The molecule has 5 heterocycles. The van der Waals surface area contributed by atoms with Crippen LogP contribution in [0.5, 0.6) is 0 Å². The minimum atomic E-state index is -0.339. The van der Waals surface area contributed by atoms with Gasteiger partial charge < -0.3 is 18.8 Å². The van der Waals surface area contributed by atoms with Crippen molar-refractivity contribution in [2.45, 2.75) is 76.3 Å². The largest absolute Gasteiger partial charge is 0.337 e. The van der Waals surface area contributed by atoms with E-state index in [1.807, 2.05) is 36.4 Å². The highest BCUT2D eigenvalue weighted by atomic mass is 16.5. The number of carbonyl (C=O) groups is 2. The van der Waals surface area contributed by atoms with Crippen LogP contribution in [-0.4, -0.2) is 65.0 Å². The zero-order valence-corrected chi connectivity index (χ0v) is 26.8. The van der Waals surface area contributed by atoms with Gasteiger partial charge in [0.2, 0.25) is 11.8 Å². The molecule has 0 saturated carbocycles. The van der Waals surface area contributed by atoms with Crippen LogP contribution in [0.2, 0.25) is 0 Å². The maximum absolute atomic E-state index is 13.7. The molecule has 12 nitrogen and oxygen atoms in total. The summed E-state index contributed by atoms with van der Waals surface area (Å²) in [5.74, 6) is 1.56. The van der Waals surface area contributed by atoms with Crippen molar-refractivity contribution >= 4 is 11.8 Å². The van der Waals surface area contributed by atoms with Crippen LogP contribution in [0, 0.1) is 0 Å². The summed E-state index contributed by atoms with van der Waals surface area (Å²) in [4.78, 5) is 48.9. The Labute approximate surface area is 278 Å². The first-order valence-corrected chi connectivity index (χ1v) is 16.8. The monoisotopic (exact) mass is 646 g/mol. The summed E-state index contributed by atoms with van der Waals surface area (Å²) < 4.78 is 11.3. The molecule has 0 aliphatic carbocycles. The fourth-order valence-electron chi connectivity index (χ4n) is 6.52. The van der Waals surface area contributed by atoms with Gasteiger partial charge in [0, 0.05) is 25.9 Å². The van der Waals surface area contributed by atoms with Gasteiger partial charge in [-0.05, 0) is 62.5 Å². The predicted molar refractivity (Wildman–Crippen MR) is 174 cm³/mol. The third-order valence-corrected chi connectivity index (χ3v) is 9.12. The van der Waals surface area contributed by atoms with E-state index in [4.69, 9.17) is 9.05 Å². The van der Waals surface area contributed by atoms with Crippen LogP contribution in [0.4, 0.5) is 0 Å². The second-order valence-corrected chi connectivity index (χ2v) is 12.4. The zero-order valence-electron chi connectivity index (χ0n) is 26.8. The van der Waals surface area contributed by atoms with E-state index in [-0.39, 0.29) is 35.3 Å². The second kappa shape index (κ2) is 14.7. The summed E-state index contributed by atoms with van der Waals surface area (Å²) in [5, 5.41) is 8.38. The molecule has 246 valence electrons. The number of amides is 2. The summed E-state index contributed by atoms with van der Waals surface area (Å²) in [6.45, 7) is 1.08. The van der Waals surface area contributed by atoms with Gasteiger partial charge in [-0.2, -0.15) is 9.97 Å². The third kappa shape index (κ3) is 7.17. The molecule has 48 heavy (non-hydrogen) atoms. The lowest BCUT2D eigenvalue weighted by atomic mass is 10.0. The first-order chi connectivity index (χ1) is 23.6. The van der Waals surface area contributed by atoms with E-state index < -0.39 is 0 Å². The minimum Gasteiger partial charge on any atom is -0.337 e. The van der Waals surface area contributed by atoms with Gasteiger partial charge in [-0.25, -0.2) is 9.97 Å². The first-order valence-electron chi connectivity index (χ1n) is 16.8. The van der Waals surface area contributed by atoms with Gasteiger partial charge in [0.1, 0.15) is 23.5 Å². The Morgan fingerprint density at radius 1 is 0.604 bits per heavy atom. The van der Waals surface area contributed by atoms with E-state index in [2.05, 4.69) is 54.5 Å². The molecule has 0 radical (unpaired) electrons. The first kappa shape index (κ1) is 31.3. The average molecular weight is 647 g/mol. The summed E-state index contributed by atoms with van der Waals surface area (Å²) in [5.41, 5.74) is 2.73. The van der Waals surface area contributed by atoms with E-state index in [1.165, 1.54) is 23.5 Å². The minimum absolute atomic E-state index is 0.164. The lowest BCUT2D eigenvalue weighted by Gasteiger charge is -2.33. The molecule has 0 bridgehead atoms. The molecule has 5 aromatic rings. The highest BCUT2D eigenvalue weighted by Crippen LogP contribution is 2.33. The number of carbonyl (C=O) groups excluding carboxylic acids is 2. The predicted octanol–water partition coefficient (Wildman–Crippen LogP) is 5.55. The van der Waals surface area contributed by atoms with Gasteiger partial charge in [-0.3, -0.25) is 9.59 Å². The molecule has 3 aromatic heterocycles. The Balaban J connectivity index is 0.999. The lowest BCUT2D eigenvalue weighted by Crippen LogP contribution is -2.40. The van der Waals surface area contributed by atoms with E-state index in [0.717, 1.165) is 51.4 Å². The van der Waals surface area contributed by atoms with Crippen molar-refractivity contribution in [3.63, 3.8) is 0 Å². The topological polar surface area (TPSA) is 144 Å². The van der Waals surface area contributed by atoms with Gasteiger partial charge in [-0.15, -0.1) is 0 Å². The van der Waals surface area contributed by atoms with E-state index in [0.29, 0.717) is 49.4 Å². The average Bonchev–Trinajstić information content (AvgIpc) is 3.84. The molecule has 0 spiro atoms. The molecule has 7 rings (SSSR count). The molecular weight excluding hydrogens is 608 g/mol. The van der Waals surface area contributed by atoms with Crippen LogP contribution in [-0.2, 0) is 25.7 Å². The molecule has 12 heteroatoms. The molecular formula is C36H38N8O4. The normalized spacial score (nSPS) is 18.2. The van der Waals surface area contributed by atoms with Gasteiger partial charge in [0.05, 0.1) is 12.4 Å².